The van der Waals surface area contributed by atoms with Crippen LogP contribution in [0.2, 0.25) is 0 Å². The molecule has 3 heteroatoms. The highest BCUT2D eigenvalue weighted by Gasteiger charge is 2.11. The first-order valence-electron chi connectivity index (χ1n) is 6.94. The summed E-state index contributed by atoms with van der Waals surface area (Å²) in [4.78, 5) is 6.98. The Kier molecular flexibility index (Phi) is 4.76. The average Bonchev–Trinajstić information content (AvgIpc) is 2.46. The standard InChI is InChI=1S/C15H23N3/c1-3-14(16-4-2)15-9-8-13(12-17-15)18-10-6-5-7-11-18/h5-6,8-9,12,14,16H,3-4,7,10-11H2,1-2H3. The van der Waals surface area contributed by atoms with Crippen LogP contribution in [0.1, 0.15) is 38.4 Å². The summed E-state index contributed by atoms with van der Waals surface area (Å²) in [5.41, 5.74) is 2.38. The van der Waals surface area contributed by atoms with Crippen LogP contribution < -0.4 is 10.2 Å². The van der Waals surface area contributed by atoms with E-state index in [1.54, 1.807) is 0 Å². The smallest absolute Gasteiger partial charge is 0.0574 e. The van der Waals surface area contributed by atoms with Crippen LogP contribution in [0.3, 0.4) is 0 Å². The molecular weight excluding hydrogens is 222 g/mol. The first-order chi connectivity index (χ1) is 8.85. The minimum absolute atomic E-state index is 0.380. The van der Waals surface area contributed by atoms with Crippen molar-refractivity contribution in [2.75, 3.05) is 24.5 Å². The Labute approximate surface area is 110 Å². The van der Waals surface area contributed by atoms with Crippen molar-refractivity contribution in [3.63, 3.8) is 0 Å². The molecule has 2 heterocycles. The largest absolute Gasteiger partial charge is 0.366 e. The first kappa shape index (κ1) is 13.1. The molecule has 0 saturated carbocycles. The topological polar surface area (TPSA) is 28.2 Å². The van der Waals surface area contributed by atoms with Crippen LogP contribution in [0.25, 0.3) is 0 Å². The van der Waals surface area contributed by atoms with E-state index in [9.17, 15) is 0 Å². The molecule has 0 radical (unpaired) electrons. The van der Waals surface area contributed by atoms with Gasteiger partial charge in [-0.2, -0.15) is 0 Å². The number of aromatic nitrogens is 1. The molecule has 18 heavy (non-hydrogen) atoms. The monoisotopic (exact) mass is 245 g/mol. The lowest BCUT2D eigenvalue weighted by Crippen LogP contribution is -2.27. The zero-order valence-electron chi connectivity index (χ0n) is 11.4. The van der Waals surface area contributed by atoms with Crippen molar-refractivity contribution in [2.45, 2.75) is 32.7 Å². The predicted molar refractivity (Wildman–Crippen MR) is 76.9 cm³/mol. The Morgan fingerprint density at radius 1 is 1.33 bits per heavy atom. The quantitative estimate of drug-likeness (QED) is 0.808. The van der Waals surface area contributed by atoms with Gasteiger partial charge >= 0.3 is 0 Å². The summed E-state index contributed by atoms with van der Waals surface area (Å²) in [7, 11) is 0. The van der Waals surface area contributed by atoms with Crippen molar-refractivity contribution < 1.29 is 0 Å². The minimum atomic E-state index is 0.380. The van der Waals surface area contributed by atoms with E-state index in [0.717, 1.165) is 38.2 Å². The maximum absolute atomic E-state index is 4.62. The van der Waals surface area contributed by atoms with E-state index >= 15 is 0 Å². The highest BCUT2D eigenvalue weighted by atomic mass is 15.1. The second-order valence-electron chi connectivity index (χ2n) is 4.67. The highest BCUT2D eigenvalue weighted by Crippen LogP contribution is 2.19. The molecule has 2 rings (SSSR count). The highest BCUT2D eigenvalue weighted by molar-refractivity contribution is 5.46. The average molecular weight is 245 g/mol. The van der Waals surface area contributed by atoms with E-state index in [1.165, 1.54) is 5.69 Å². The fourth-order valence-electron chi connectivity index (χ4n) is 2.37. The van der Waals surface area contributed by atoms with Gasteiger partial charge < -0.3 is 10.2 Å². The molecule has 0 aliphatic carbocycles. The molecule has 1 aliphatic rings. The third-order valence-corrected chi connectivity index (χ3v) is 3.41. The molecule has 0 spiro atoms. The summed E-state index contributed by atoms with van der Waals surface area (Å²) in [6, 6.07) is 4.73. The SMILES string of the molecule is CCNC(CC)c1ccc(N2CC=CCC2)cn1. The van der Waals surface area contributed by atoms with Crippen LogP contribution in [0.5, 0.6) is 0 Å². The van der Waals surface area contributed by atoms with Gasteiger partial charge in [0, 0.05) is 19.1 Å². The molecule has 0 aromatic carbocycles. The van der Waals surface area contributed by atoms with E-state index in [-0.39, 0.29) is 0 Å². The van der Waals surface area contributed by atoms with Crippen molar-refractivity contribution in [3.8, 4) is 0 Å². The fraction of sp³-hybridized carbons (Fsp3) is 0.533. The molecule has 98 valence electrons. The zero-order chi connectivity index (χ0) is 12.8. The molecule has 0 bridgehead atoms. The van der Waals surface area contributed by atoms with E-state index < -0.39 is 0 Å². The van der Waals surface area contributed by atoms with Gasteiger partial charge in [-0.3, -0.25) is 4.98 Å². The molecule has 1 N–H and O–H groups in total. The van der Waals surface area contributed by atoms with Crippen molar-refractivity contribution >= 4 is 5.69 Å². The van der Waals surface area contributed by atoms with Crippen molar-refractivity contribution in [1.82, 2.24) is 10.3 Å². The van der Waals surface area contributed by atoms with E-state index in [4.69, 9.17) is 0 Å². The second kappa shape index (κ2) is 6.55. The minimum Gasteiger partial charge on any atom is -0.366 e. The molecule has 1 atom stereocenters. The van der Waals surface area contributed by atoms with E-state index in [1.807, 2.05) is 6.20 Å². The number of nitrogens with zero attached hydrogens (tertiary/aromatic N) is 2. The third-order valence-electron chi connectivity index (χ3n) is 3.41. The number of hydrogen-bond donors (Lipinski definition) is 1. The normalized spacial score (nSPS) is 16.9. The Hall–Kier alpha value is -1.35. The van der Waals surface area contributed by atoms with Crippen LogP contribution in [-0.4, -0.2) is 24.6 Å². The van der Waals surface area contributed by atoms with Gasteiger partial charge in [0.25, 0.3) is 0 Å². The van der Waals surface area contributed by atoms with Gasteiger partial charge in [-0.25, -0.2) is 0 Å². The van der Waals surface area contributed by atoms with Gasteiger partial charge in [0.15, 0.2) is 0 Å². The summed E-state index contributed by atoms with van der Waals surface area (Å²) in [6.07, 6.45) is 8.69. The van der Waals surface area contributed by atoms with Crippen LogP contribution >= 0.6 is 0 Å². The van der Waals surface area contributed by atoms with Gasteiger partial charge in [0.2, 0.25) is 0 Å². The molecule has 1 aliphatic heterocycles. The molecule has 3 nitrogen and oxygen atoms in total. The molecular formula is C15H23N3. The second-order valence-corrected chi connectivity index (χ2v) is 4.67. The molecule has 0 saturated heterocycles. The number of nitrogens with one attached hydrogen (secondary N) is 1. The van der Waals surface area contributed by atoms with Crippen LogP contribution in [0.15, 0.2) is 30.5 Å². The number of anilines is 1. The van der Waals surface area contributed by atoms with Crippen LogP contribution in [0, 0.1) is 0 Å². The number of hydrogen-bond acceptors (Lipinski definition) is 3. The van der Waals surface area contributed by atoms with Gasteiger partial charge in [-0.05, 0) is 31.5 Å². The van der Waals surface area contributed by atoms with E-state index in [2.05, 4.69) is 53.3 Å². The number of pyridine rings is 1. The molecule has 0 fully saturated rings. The van der Waals surface area contributed by atoms with Gasteiger partial charge in [0.05, 0.1) is 17.6 Å². The summed E-state index contributed by atoms with van der Waals surface area (Å²) in [6.45, 7) is 7.42. The molecule has 1 unspecified atom stereocenters. The predicted octanol–water partition coefficient (Wildman–Crippen LogP) is 2.91. The summed E-state index contributed by atoms with van der Waals surface area (Å²) < 4.78 is 0. The Morgan fingerprint density at radius 2 is 2.22 bits per heavy atom. The summed E-state index contributed by atoms with van der Waals surface area (Å²) >= 11 is 0. The van der Waals surface area contributed by atoms with Crippen molar-refractivity contribution in [3.05, 3.63) is 36.2 Å². The van der Waals surface area contributed by atoms with Gasteiger partial charge in [-0.1, -0.05) is 26.0 Å². The van der Waals surface area contributed by atoms with Gasteiger partial charge in [0.1, 0.15) is 0 Å². The Balaban J connectivity index is 2.06. The lowest BCUT2D eigenvalue weighted by Gasteiger charge is -2.25. The Morgan fingerprint density at radius 3 is 2.78 bits per heavy atom. The maximum Gasteiger partial charge on any atom is 0.0574 e. The Bertz CT molecular complexity index is 383. The fourth-order valence-corrected chi connectivity index (χ4v) is 2.37. The number of rotatable bonds is 5. The summed E-state index contributed by atoms with van der Waals surface area (Å²) in [5, 5.41) is 3.46. The zero-order valence-corrected chi connectivity index (χ0v) is 11.4. The van der Waals surface area contributed by atoms with Crippen molar-refractivity contribution in [1.29, 1.82) is 0 Å². The summed E-state index contributed by atoms with van der Waals surface area (Å²) in [5.74, 6) is 0. The first-order valence-corrected chi connectivity index (χ1v) is 6.94. The van der Waals surface area contributed by atoms with E-state index in [0.29, 0.717) is 6.04 Å². The molecule has 0 amide bonds. The third kappa shape index (κ3) is 3.10. The maximum atomic E-state index is 4.62. The van der Waals surface area contributed by atoms with Crippen molar-refractivity contribution in [2.24, 2.45) is 0 Å². The lowest BCUT2D eigenvalue weighted by atomic mass is 10.1. The lowest BCUT2D eigenvalue weighted by molar-refractivity contribution is 0.525. The van der Waals surface area contributed by atoms with Crippen LogP contribution in [-0.2, 0) is 0 Å². The molecule has 1 aromatic heterocycles. The molecule has 1 aromatic rings. The van der Waals surface area contributed by atoms with Gasteiger partial charge in [-0.15, -0.1) is 0 Å². The van der Waals surface area contributed by atoms with Crippen LogP contribution in [0.4, 0.5) is 5.69 Å².